The first-order valence-electron chi connectivity index (χ1n) is 5.29. The first-order valence-corrected chi connectivity index (χ1v) is 6.49. The molecule has 2 aromatic rings. The maximum Gasteiger partial charge on any atom is 0.264 e. The predicted octanol–water partition coefficient (Wildman–Crippen LogP) is 2.25. The monoisotopic (exact) mass is 267 g/mol. The number of carbonyl (C=O) groups is 1. The highest BCUT2D eigenvalue weighted by atomic mass is 35.5. The number of nitrogens with zero attached hydrogens (tertiary/aromatic N) is 3. The third-order valence-corrected chi connectivity index (χ3v) is 4.03. The van der Waals surface area contributed by atoms with E-state index in [1.165, 1.54) is 11.3 Å². The van der Waals surface area contributed by atoms with Gasteiger partial charge in [0, 0.05) is 12.7 Å². The Bertz CT molecular complexity index is 563. The van der Waals surface area contributed by atoms with Crippen molar-refractivity contribution in [2.24, 2.45) is 0 Å². The van der Waals surface area contributed by atoms with Crippen molar-refractivity contribution in [2.75, 3.05) is 6.54 Å². The number of carbonyl (C=O) groups excluding carboxylic acids is 1. The average Bonchev–Trinajstić information content (AvgIpc) is 2.95. The van der Waals surface area contributed by atoms with Gasteiger partial charge in [0.2, 0.25) is 0 Å². The van der Waals surface area contributed by atoms with Gasteiger partial charge in [-0.25, -0.2) is 0 Å². The van der Waals surface area contributed by atoms with Crippen molar-refractivity contribution in [1.29, 1.82) is 0 Å². The molecule has 1 aliphatic heterocycles. The lowest BCUT2D eigenvalue weighted by molar-refractivity contribution is 0.0711. The van der Waals surface area contributed by atoms with Crippen molar-refractivity contribution in [3.63, 3.8) is 0 Å². The highest BCUT2D eigenvalue weighted by Crippen LogP contribution is 2.24. The molecular formula is C11H10ClN3OS. The lowest BCUT2D eigenvalue weighted by Crippen LogP contribution is -2.38. The van der Waals surface area contributed by atoms with Crippen LogP contribution >= 0.6 is 22.9 Å². The van der Waals surface area contributed by atoms with Gasteiger partial charge in [0.1, 0.15) is 0 Å². The molecule has 4 nitrogen and oxygen atoms in total. The number of rotatable bonds is 1. The van der Waals surface area contributed by atoms with Gasteiger partial charge in [-0.15, -0.1) is 11.3 Å². The molecule has 0 aliphatic carbocycles. The Hall–Kier alpha value is -1.33. The van der Waals surface area contributed by atoms with Crippen LogP contribution < -0.4 is 0 Å². The van der Waals surface area contributed by atoms with E-state index in [9.17, 15) is 4.79 Å². The molecule has 17 heavy (non-hydrogen) atoms. The minimum Gasteiger partial charge on any atom is -0.330 e. The van der Waals surface area contributed by atoms with E-state index >= 15 is 0 Å². The summed E-state index contributed by atoms with van der Waals surface area (Å²) in [7, 11) is 0. The number of hydrogen-bond acceptors (Lipinski definition) is 3. The van der Waals surface area contributed by atoms with Crippen molar-refractivity contribution >= 4 is 28.8 Å². The Balaban J connectivity index is 1.81. The summed E-state index contributed by atoms with van der Waals surface area (Å²) < 4.78 is 2.58. The molecule has 0 saturated carbocycles. The third kappa shape index (κ3) is 1.96. The molecule has 0 bridgehead atoms. The minimum atomic E-state index is 0.0503. The molecule has 0 unspecified atom stereocenters. The van der Waals surface area contributed by atoms with Gasteiger partial charge >= 0.3 is 0 Å². The Kier molecular flexibility index (Phi) is 2.64. The van der Waals surface area contributed by atoms with Gasteiger partial charge in [-0.1, -0.05) is 11.6 Å². The summed E-state index contributed by atoms with van der Waals surface area (Å²) in [6.45, 7) is 2.07. The topological polar surface area (TPSA) is 38.1 Å². The number of hydrogen-bond donors (Lipinski definition) is 0. The molecule has 0 radical (unpaired) electrons. The molecular weight excluding hydrogens is 258 g/mol. The molecule has 6 heteroatoms. The predicted molar refractivity (Wildman–Crippen MR) is 66.3 cm³/mol. The second-order valence-corrected chi connectivity index (χ2v) is 5.59. The fraction of sp³-hybridized carbons (Fsp3) is 0.273. The standard InChI is InChI=1S/C11H10ClN3OS/c12-10-2-1-9(17-10)11(16)14-5-6-15-8(7-14)3-4-13-15/h1-4H,5-7H2. The first kappa shape index (κ1) is 10.8. The van der Waals surface area contributed by atoms with Gasteiger partial charge < -0.3 is 4.90 Å². The zero-order chi connectivity index (χ0) is 11.8. The van der Waals surface area contributed by atoms with E-state index in [0.717, 1.165) is 12.2 Å². The van der Waals surface area contributed by atoms with Gasteiger partial charge in [-0.2, -0.15) is 5.10 Å². The Labute approximate surface area is 107 Å². The molecule has 0 saturated heterocycles. The zero-order valence-electron chi connectivity index (χ0n) is 8.97. The van der Waals surface area contributed by atoms with Crippen LogP contribution in [-0.4, -0.2) is 27.1 Å². The van der Waals surface area contributed by atoms with Gasteiger partial charge in [-0.05, 0) is 18.2 Å². The Morgan fingerprint density at radius 2 is 2.24 bits per heavy atom. The maximum absolute atomic E-state index is 12.2. The van der Waals surface area contributed by atoms with Crippen LogP contribution in [0.3, 0.4) is 0 Å². The lowest BCUT2D eigenvalue weighted by atomic mass is 10.3. The van der Waals surface area contributed by atoms with Crippen molar-refractivity contribution in [2.45, 2.75) is 13.1 Å². The largest absolute Gasteiger partial charge is 0.330 e. The SMILES string of the molecule is O=C(c1ccc(Cl)s1)N1CCn2nccc2C1. The number of aromatic nitrogens is 2. The molecule has 0 aromatic carbocycles. The van der Waals surface area contributed by atoms with E-state index in [1.54, 1.807) is 18.3 Å². The minimum absolute atomic E-state index is 0.0503. The van der Waals surface area contributed by atoms with Crippen LogP contribution in [0.2, 0.25) is 4.34 Å². The van der Waals surface area contributed by atoms with Gasteiger partial charge in [0.25, 0.3) is 5.91 Å². The quantitative estimate of drug-likeness (QED) is 0.795. The first-order chi connectivity index (χ1) is 8.24. The fourth-order valence-corrected chi connectivity index (χ4v) is 2.96. The number of halogens is 1. The molecule has 3 heterocycles. The molecule has 0 spiro atoms. The highest BCUT2D eigenvalue weighted by Gasteiger charge is 2.22. The van der Waals surface area contributed by atoms with Crippen molar-refractivity contribution in [3.8, 4) is 0 Å². The summed E-state index contributed by atoms with van der Waals surface area (Å²) in [5.74, 6) is 0.0503. The summed E-state index contributed by atoms with van der Waals surface area (Å²) >= 11 is 7.17. The van der Waals surface area contributed by atoms with Crippen LogP contribution in [0.5, 0.6) is 0 Å². The molecule has 0 fully saturated rings. The molecule has 3 rings (SSSR count). The van der Waals surface area contributed by atoms with Crippen LogP contribution in [-0.2, 0) is 13.1 Å². The molecule has 1 aliphatic rings. The van der Waals surface area contributed by atoms with Crippen molar-refractivity contribution in [1.82, 2.24) is 14.7 Å². The summed E-state index contributed by atoms with van der Waals surface area (Å²) in [5, 5.41) is 4.19. The number of fused-ring (bicyclic) bond motifs is 1. The Morgan fingerprint density at radius 3 is 3.00 bits per heavy atom. The average molecular weight is 268 g/mol. The van der Waals surface area contributed by atoms with Crippen LogP contribution in [0.25, 0.3) is 0 Å². The highest BCUT2D eigenvalue weighted by molar-refractivity contribution is 7.17. The maximum atomic E-state index is 12.2. The van der Waals surface area contributed by atoms with Gasteiger partial charge in [-0.3, -0.25) is 9.48 Å². The van der Waals surface area contributed by atoms with Gasteiger partial charge in [0.05, 0.1) is 28.0 Å². The smallest absolute Gasteiger partial charge is 0.264 e. The molecule has 0 atom stereocenters. The molecule has 2 aromatic heterocycles. The summed E-state index contributed by atoms with van der Waals surface area (Å²) in [4.78, 5) is 14.7. The lowest BCUT2D eigenvalue weighted by Gasteiger charge is -2.27. The second-order valence-electron chi connectivity index (χ2n) is 3.88. The molecule has 0 N–H and O–H groups in total. The van der Waals surface area contributed by atoms with Crippen molar-refractivity contribution < 1.29 is 4.79 Å². The van der Waals surface area contributed by atoms with E-state index in [1.807, 2.05) is 15.6 Å². The van der Waals surface area contributed by atoms with Crippen molar-refractivity contribution in [3.05, 3.63) is 39.3 Å². The molecule has 1 amide bonds. The summed E-state index contributed by atoms with van der Waals surface area (Å²) in [5.41, 5.74) is 1.08. The number of amides is 1. The number of thiophene rings is 1. The summed E-state index contributed by atoms with van der Waals surface area (Å²) in [6, 6.07) is 5.48. The van der Waals surface area contributed by atoms with E-state index < -0.39 is 0 Å². The summed E-state index contributed by atoms with van der Waals surface area (Å²) in [6.07, 6.45) is 1.77. The fourth-order valence-electron chi connectivity index (χ4n) is 1.94. The molecule has 88 valence electrons. The normalized spacial score (nSPS) is 14.8. The third-order valence-electron chi connectivity index (χ3n) is 2.81. The van der Waals surface area contributed by atoms with E-state index in [0.29, 0.717) is 22.3 Å². The Morgan fingerprint density at radius 1 is 1.35 bits per heavy atom. The van der Waals surface area contributed by atoms with Crippen LogP contribution in [0.4, 0.5) is 0 Å². The van der Waals surface area contributed by atoms with E-state index in [4.69, 9.17) is 11.6 Å². The van der Waals surface area contributed by atoms with Crippen LogP contribution in [0, 0.1) is 0 Å². The second kappa shape index (κ2) is 4.16. The van der Waals surface area contributed by atoms with E-state index in [-0.39, 0.29) is 5.91 Å². The van der Waals surface area contributed by atoms with E-state index in [2.05, 4.69) is 5.10 Å². The van der Waals surface area contributed by atoms with Gasteiger partial charge in [0.15, 0.2) is 0 Å². The van der Waals surface area contributed by atoms with Crippen LogP contribution in [0.15, 0.2) is 24.4 Å². The van der Waals surface area contributed by atoms with Crippen LogP contribution in [0.1, 0.15) is 15.4 Å². The zero-order valence-corrected chi connectivity index (χ0v) is 10.5.